The van der Waals surface area contributed by atoms with Gasteiger partial charge in [0.05, 0.1) is 22.1 Å². The van der Waals surface area contributed by atoms with Crippen LogP contribution >= 0.6 is 57.6 Å². The molecule has 0 atom stereocenters. The third-order valence-corrected chi connectivity index (χ3v) is 6.10. The molecule has 3 rings (SSSR count). The topological polar surface area (TPSA) is 66.8 Å². The van der Waals surface area contributed by atoms with Gasteiger partial charge >= 0.3 is 0 Å². The molecule has 2 amide bonds. The maximum atomic E-state index is 12.7. The number of ether oxygens (including phenoxy) is 1. The molecule has 5 nitrogen and oxygen atoms in total. The Morgan fingerprint density at radius 1 is 1.26 bits per heavy atom. The Kier molecular flexibility index (Phi) is 6.25. The van der Waals surface area contributed by atoms with E-state index >= 15 is 0 Å². The molecular formula is C18H12Cl2INO4S. The quantitative estimate of drug-likeness (QED) is 0.411. The highest BCUT2D eigenvalue weighted by molar-refractivity contribution is 14.1. The van der Waals surface area contributed by atoms with E-state index in [4.69, 9.17) is 27.9 Å². The Labute approximate surface area is 183 Å². The van der Waals surface area contributed by atoms with Crippen LogP contribution in [0.15, 0.2) is 35.2 Å². The summed E-state index contributed by atoms with van der Waals surface area (Å²) >= 11 is 14.8. The third kappa shape index (κ3) is 4.37. The SMILES string of the molecule is COc1cc(/C=C2/SC(=O)N(Cc3ccc(Cl)cc3Cl)C2=O)cc(I)c1O. The van der Waals surface area contributed by atoms with Gasteiger partial charge in [0, 0.05) is 10.0 Å². The predicted molar refractivity (Wildman–Crippen MR) is 115 cm³/mol. The summed E-state index contributed by atoms with van der Waals surface area (Å²) in [7, 11) is 1.44. The number of rotatable bonds is 4. The van der Waals surface area contributed by atoms with Gasteiger partial charge in [-0.15, -0.1) is 0 Å². The van der Waals surface area contributed by atoms with Gasteiger partial charge < -0.3 is 9.84 Å². The highest BCUT2D eigenvalue weighted by atomic mass is 127. The van der Waals surface area contributed by atoms with E-state index in [2.05, 4.69) is 0 Å². The van der Waals surface area contributed by atoms with Gasteiger partial charge in [0.15, 0.2) is 11.5 Å². The molecule has 27 heavy (non-hydrogen) atoms. The molecule has 1 aliphatic rings. The average molecular weight is 536 g/mol. The van der Waals surface area contributed by atoms with Gasteiger partial charge in [-0.3, -0.25) is 14.5 Å². The number of phenols is 1. The first kappa shape index (κ1) is 20.3. The zero-order chi connectivity index (χ0) is 19.7. The molecule has 140 valence electrons. The molecular weight excluding hydrogens is 524 g/mol. The molecule has 1 heterocycles. The molecule has 1 saturated heterocycles. The van der Waals surface area contributed by atoms with Crippen molar-refractivity contribution < 1.29 is 19.4 Å². The lowest BCUT2D eigenvalue weighted by molar-refractivity contribution is -0.123. The average Bonchev–Trinajstić information content (AvgIpc) is 2.87. The highest BCUT2D eigenvalue weighted by Crippen LogP contribution is 2.37. The van der Waals surface area contributed by atoms with Crippen LogP contribution < -0.4 is 4.74 Å². The number of phenolic OH excluding ortho intramolecular Hbond substituents is 1. The van der Waals surface area contributed by atoms with Crippen LogP contribution in [0.2, 0.25) is 10.0 Å². The molecule has 0 bridgehead atoms. The van der Waals surface area contributed by atoms with Crippen molar-refractivity contribution in [2.45, 2.75) is 6.54 Å². The zero-order valence-corrected chi connectivity index (χ0v) is 18.3. The fourth-order valence-electron chi connectivity index (χ4n) is 2.44. The van der Waals surface area contributed by atoms with Crippen molar-refractivity contribution >= 4 is 74.8 Å². The normalized spacial score (nSPS) is 15.7. The Morgan fingerprint density at radius 2 is 2.00 bits per heavy atom. The van der Waals surface area contributed by atoms with E-state index in [0.717, 1.165) is 16.7 Å². The first-order valence-corrected chi connectivity index (χ1v) is 10.2. The van der Waals surface area contributed by atoms with Crippen molar-refractivity contribution in [3.8, 4) is 11.5 Å². The van der Waals surface area contributed by atoms with Crippen molar-refractivity contribution in [1.82, 2.24) is 4.90 Å². The summed E-state index contributed by atoms with van der Waals surface area (Å²) in [5.41, 5.74) is 1.27. The molecule has 1 fully saturated rings. The number of carbonyl (C=O) groups excluding carboxylic acids is 2. The number of carbonyl (C=O) groups is 2. The van der Waals surface area contributed by atoms with Gasteiger partial charge in [0.25, 0.3) is 11.1 Å². The lowest BCUT2D eigenvalue weighted by Gasteiger charge is -2.13. The van der Waals surface area contributed by atoms with Crippen LogP contribution in [-0.4, -0.2) is 28.3 Å². The molecule has 2 aromatic rings. The molecule has 0 saturated carbocycles. The zero-order valence-electron chi connectivity index (χ0n) is 13.8. The number of methoxy groups -OCH3 is 1. The van der Waals surface area contributed by atoms with Gasteiger partial charge in [0.2, 0.25) is 0 Å². The molecule has 1 aliphatic heterocycles. The van der Waals surface area contributed by atoms with Crippen LogP contribution in [0.25, 0.3) is 6.08 Å². The van der Waals surface area contributed by atoms with Gasteiger partial charge in [-0.05, 0) is 75.8 Å². The van der Waals surface area contributed by atoms with Crippen molar-refractivity contribution in [2.75, 3.05) is 7.11 Å². The summed E-state index contributed by atoms with van der Waals surface area (Å²) in [6.07, 6.45) is 1.60. The van der Waals surface area contributed by atoms with Crippen molar-refractivity contribution in [1.29, 1.82) is 0 Å². The maximum absolute atomic E-state index is 12.7. The Hall–Kier alpha value is -1.42. The lowest BCUT2D eigenvalue weighted by atomic mass is 10.1. The van der Waals surface area contributed by atoms with Crippen LogP contribution in [0.3, 0.4) is 0 Å². The monoisotopic (exact) mass is 535 g/mol. The number of thioether (sulfide) groups is 1. The number of imide groups is 1. The minimum Gasteiger partial charge on any atom is -0.504 e. The van der Waals surface area contributed by atoms with E-state index < -0.39 is 5.91 Å². The van der Waals surface area contributed by atoms with Crippen LogP contribution in [0.5, 0.6) is 11.5 Å². The van der Waals surface area contributed by atoms with E-state index in [1.165, 1.54) is 7.11 Å². The number of aromatic hydroxyl groups is 1. The number of amides is 2. The van der Waals surface area contributed by atoms with E-state index in [9.17, 15) is 14.7 Å². The van der Waals surface area contributed by atoms with E-state index in [-0.39, 0.29) is 22.4 Å². The number of nitrogens with zero attached hydrogens (tertiary/aromatic N) is 1. The molecule has 0 aliphatic carbocycles. The number of hydrogen-bond acceptors (Lipinski definition) is 5. The van der Waals surface area contributed by atoms with E-state index in [0.29, 0.717) is 30.5 Å². The number of benzene rings is 2. The Bertz CT molecular complexity index is 980. The summed E-state index contributed by atoms with van der Waals surface area (Å²) < 4.78 is 5.70. The van der Waals surface area contributed by atoms with Gasteiger partial charge in [0.1, 0.15) is 0 Å². The first-order valence-electron chi connectivity index (χ1n) is 7.56. The fraction of sp³-hybridized carbons (Fsp3) is 0.111. The van der Waals surface area contributed by atoms with Crippen LogP contribution in [-0.2, 0) is 11.3 Å². The van der Waals surface area contributed by atoms with Crippen LogP contribution in [0.4, 0.5) is 4.79 Å². The minimum absolute atomic E-state index is 0.0285. The minimum atomic E-state index is -0.405. The molecule has 1 N–H and O–H groups in total. The second-order valence-electron chi connectivity index (χ2n) is 5.56. The Morgan fingerprint density at radius 3 is 2.67 bits per heavy atom. The third-order valence-electron chi connectivity index (χ3n) is 3.79. The molecule has 0 radical (unpaired) electrons. The highest BCUT2D eigenvalue weighted by Gasteiger charge is 2.35. The smallest absolute Gasteiger partial charge is 0.293 e. The lowest BCUT2D eigenvalue weighted by Crippen LogP contribution is -2.27. The standard InChI is InChI=1S/C18H12Cl2INO4S/c1-26-14-5-9(4-13(21)16(14)23)6-15-17(24)22(18(25)27-15)8-10-2-3-11(19)7-12(10)20/h2-7,23H,8H2,1H3/b15-6+. The van der Waals surface area contributed by atoms with Gasteiger partial charge in [-0.2, -0.15) is 0 Å². The Balaban J connectivity index is 1.87. The second-order valence-corrected chi connectivity index (χ2v) is 8.56. The summed E-state index contributed by atoms with van der Waals surface area (Å²) in [5.74, 6) is -0.0841. The van der Waals surface area contributed by atoms with Crippen molar-refractivity contribution in [2.24, 2.45) is 0 Å². The molecule has 0 aromatic heterocycles. The molecule has 0 spiro atoms. The van der Waals surface area contributed by atoms with E-state index in [1.54, 1.807) is 36.4 Å². The first-order chi connectivity index (χ1) is 12.8. The van der Waals surface area contributed by atoms with Crippen molar-refractivity contribution in [3.05, 3.63) is 60.0 Å². The summed E-state index contributed by atoms with van der Waals surface area (Å²) in [5, 5.41) is 10.4. The number of halogens is 3. The largest absolute Gasteiger partial charge is 0.504 e. The van der Waals surface area contributed by atoms with Crippen molar-refractivity contribution in [3.63, 3.8) is 0 Å². The molecule has 2 aromatic carbocycles. The number of hydrogen-bond donors (Lipinski definition) is 1. The van der Waals surface area contributed by atoms with Gasteiger partial charge in [-0.25, -0.2) is 0 Å². The summed E-state index contributed by atoms with van der Waals surface area (Å²) in [4.78, 5) is 26.4. The van der Waals surface area contributed by atoms with Crippen LogP contribution in [0, 0.1) is 3.57 Å². The second kappa shape index (κ2) is 8.30. The van der Waals surface area contributed by atoms with E-state index in [1.807, 2.05) is 22.6 Å². The molecule has 0 unspecified atom stereocenters. The summed E-state index contributed by atoms with van der Waals surface area (Å²) in [6, 6.07) is 8.20. The maximum Gasteiger partial charge on any atom is 0.293 e. The van der Waals surface area contributed by atoms with Crippen LogP contribution in [0.1, 0.15) is 11.1 Å². The summed E-state index contributed by atoms with van der Waals surface area (Å²) in [6.45, 7) is 0.0639. The predicted octanol–water partition coefficient (Wildman–Crippen LogP) is 5.55. The van der Waals surface area contributed by atoms with Gasteiger partial charge in [-0.1, -0.05) is 29.3 Å². The molecule has 9 heteroatoms. The fourth-order valence-corrected chi connectivity index (χ4v) is 4.37.